The largest absolute Gasteiger partial charge is 0.505 e. The van der Waals surface area contributed by atoms with E-state index in [1.807, 2.05) is 0 Å². The van der Waals surface area contributed by atoms with Crippen LogP contribution in [0.25, 0.3) is 5.69 Å². The Kier molecular flexibility index (Phi) is 4.33. The second kappa shape index (κ2) is 6.47. The zero-order valence-corrected chi connectivity index (χ0v) is 14.0. The molecule has 0 unspecified atom stereocenters. The van der Waals surface area contributed by atoms with E-state index in [1.54, 1.807) is 44.3 Å². The van der Waals surface area contributed by atoms with E-state index in [4.69, 9.17) is 5.11 Å². The van der Waals surface area contributed by atoms with Crippen molar-refractivity contribution in [2.45, 2.75) is 6.92 Å². The average Bonchev–Trinajstić information content (AvgIpc) is 2.82. The van der Waals surface area contributed by atoms with Crippen molar-refractivity contribution in [2.75, 3.05) is 5.32 Å². The molecule has 3 rings (SSSR count). The highest BCUT2D eigenvalue weighted by Crippen LogP contribution is 2.24. The molecule has 2 N–H and O–H groups in total. The number of nitrogens with one attached hydrogen (secondary N) is 1. The fourth-order valence-electron chi connectivity index (χ4n) is 2.65. The highest BCUT2D eigenvalue weighted by Gasteiger charge is 2.23. The van der Waals surface area contributed by atoms with Gasteiger partial charge in [-0.1, -0.05) is 18.2 Å². The van der Waals surface area contributed by atoms with E-state index in [-0.39, 0.29) is 5.56 Å². The number of phenols is 1. The molecule has 0 aliphatic heterocycles. The summed E-state index contributed by atoms with van der Waals surface area (Å²) >= 11 is 0. The van der Waals surface area contributed by atoms with Gasteiger partial charge in [0, 0.05) is 19.2 Å². The Hall–Kier alpha value is -3.42. The molecule has 8 heteroatoms. The van der Waals surface area contributed by atoms with Crippen molar-refractivity contribution < 1.29 is 18.7 Å². The number of para-hydroxylation sites is 1. The van der Waals surface area contributed by atoms with Crippen molar-refractivity contribution in [2.24, 2.45) is 7.05 Å². The van der Waals surface area contributed by atoms with Crippen LogP contribution in [0.2, 0.25) is 0 Å². The second-order valence-corrected chi connectivity index (χ2v) is 5.67. The van der Waals surface area contributed by atoms with E-state index in [0.29, 0.717) is 23.5 Å². The SMILES string of the molecule is Cc1c(C(=O)Nc2cc(F)c(O)cc2F)c(=O)n(-c2ccccc2)n1C. The third kappa shape index (κ3) is 2.85. The molecule has 2 aromatic carbocycles. The number of anilines is 1. The first-order valence-electron chi connectivity index (χ1n) is 7.64. The van der Waals surface area contributed by atoms with Crippen molar-refractivity contribution in [3.8, 4) is 11.4 Å². The van der Waals surface area contributed by atoms with Crippen LogP contribution in [0, 0.1) is 18.6 Å². The first-order valence-corrected chi connectivity index (χ1v) is 7.64. The van der Waals surface area contributed by atoms with Crippen LogP contribution in [-0.2, 0) is 7.05 Å². The summed E-state index contributed by atoms with van der Waals surface area (Å²) in [4.78, 5) is 25.2. The molecule has 0 aliphatic carbocycles. The molecule has 0 fully saturated rings. The smallest absolute Gasteiger partial charge is 0.284 e. The first kappa shape index (κ1) is 17.4. The molecule has 0 spiro atoms. The van der Waals surface area contributed by atoms with Crippen LogP contribution in [0.1, 0.15) is 16.1 Å². The number of aromatic hydroxyl groups is 1. The van der Waals surface area contributed by atoms with Gasteiger partial charge in [0.25, 0.3) is 11.5 Å². The standard InChI is InChI=1S/C18H15F2N3O3/c1-10-16(17(25)21-14-8-13(20)15(24)9-12(14)19)18(26)23(22(10)2)11-6-4-3-5-7-11/h3-9,24H,1-2H3,(H,21,25). The Labute approximate surface area is 146 Å². The summed E-state index contributed by atoms with van der Waals surface area (Å²) in [7, 11) is 1.61. The third-order valence-corrected chi connectivity index (χ3v) is 4.07. The van der Waals surface area contributed by atoms with Crippen molar-refractivity contribution in [3.63, 3.8) is 0 Å². The fourth-order valence-corrected chi connectivity index (χ4v) is 2.65. The van der Waals surface area contributed by atoms with Crippen molar-refractivity contribution >= 4 is 11.6 Å². The Balaban J connectivity index is 2.04. The number of benzene rings is 2. The maximum absolute atomic E-state index is 13.8. The summed E-state index contributed by atoms with van der Waals surface area (Å²) in [5.41, 5.74) is -0.336. The fraction of sp³-hybridized carbons (Fsp3) is 0.111. The van der Waals surface area contributed by atoms with E-state index in [0.717, 1.165) is 0 Å². The molecule has 6 nitrogen and oxygen atoms in total. The third-order valence-electron chi connectivity index (χ3n) is 4.07. The molecule has 0 aliphatic rings. The predicted octanol–water partition coefficient (Wildman–Crippen LogP) is 2.72. The van der Waals surface area contributed by atoms with Crippen molar-refractivity contribution in [1.29, 1.82) is 0 Å². The molecule has 1 heterocycles. The van der Waals surface area contributed by atoms with Crippen LogP contribution in [0.15, 0.2) is 47.3 Å². The molecule has 134 valence electrons. The molecule has 0 radical (unpaired) electrons. The minimum absolute atomic E-state index is 0.191. The molecule has 0 saturated carbocycles. The van der Waals surface area contributed by atoms with Crippen LogP contribution >= 0.6 is 0 Å². The highest BCUT2D eigenvalue weighted by atomic mass is 19.1. The van der Waals surface area contributed by atoms with E-state index < -0.39 is 34.5 Å². The molecule has 26 heavy (non-hydrogen) atoms. The summed E-state index contributed by atoms with van der Waals surface area (Å²) in [5, 5.41) is 11.3. The number of rotatable bonds is 3. The maximum Gasteiger partial charge on any atom is 0.284 e. The van der Waals surface area contributed by atoms with Gasteiger partial charge in [-0.05, 0) is 19.1 Å². The number of hydrogen-bond acceptors (Lipinski definition) is 3. The predicted molar refractivity (Wildman–Crippen MR) is 91.7 cm³/mol. The Bertz CT molecular complexity index is 1060. The summed E-state index contributed by atoms with van der Waals surface area (Å²) in [6, 6.07) is 9.90. The minimum atomic E-state index is -1.09. The number of aromatic nitrogens is 2. The van der Waals surface area contributed by atoms with E-state index >= 15 is 0 Å². The lowest BCUT2D eigenvalue weighted by Crippen LogP contribution is -2.25. The normalized spacial score (nSPS) is 10.8. The second-order valence-electron chi connectivity index (χ2n) is 5.67. The Morgan fingerprint density at radius 1 is 1.12 bits per heavy atom. The molecule has 0 bridgehead atoms. The van der Waals surface area contributed by atoms with Gasteiger partial charge in [-0.15, -0.1) is 0 Å². The zero-order chi connectivity index (χ0) is 19.0. The van der Waals surface area contributed by atoms with E-state index in [2.05, 4.69) is 5.32 Å². The Morgan fingerprint density at radius 2 is 1.77 bits per heavy atom. The Morgan fingerprint density at radius 3 is 2.42 bits per heavy atom. The molecule has 1 amide bonds. The quantitative estimate of drug-likeness (QED) is 0.706. The van der Waals surface area contributed by atoms with Gasteiger partial charge in [0.15, 0.2) is 17.4 Å². The van der Waals surface area contributed by atoms with E-state index in [1.165, 1.54) is 9.36 Å². The number of nitrogens with zero attached hydrogens (tertiary/aromatic N) is 2. The van der Waals surface area contributed by atoms with Gasteiger partial charge < -0.3 is 10.4 Å². The number of carbonyl (C=O) groups is 1. The number of halogens is 2. The van der Waals surface area contributed by atoms with Gasteiger partial charge in [0.2, 0.25) is 0 Å². The summed E-state index contributed by atoms with van der Waals surface area (Å²) in [6.45, 7) is 1.57. The molecular weight excluding hydrogens is 344 g/mol. The first-order chi connectivity index (χ1) is 12.3. The zero-order valence-electron chi connectivity index (χ0n) is 14.0. The van der Waals surface area contributed by atoms with Crippen LogP contribution in [-0.4, -0.2) is 20.4 Å². The molecule has 3 aromatic rings. The summed E-state index contributed by atoms with van der Waals surface area (Å²) in [6.07, 6.45) is 0. The van der Waals surface area contributed by atoms with Gasteiger partial charge >= 0.3 is 0 Å². The van der Waals surface area contributed by atoms with Gasteiger partial charge in [0.05, 0.1) is 17.1 Å². The molecule has 1 aromatic heterocycles. The lowest BCUT2D eigenvalue weighted by atomic mass is 10.2. The van der Waals surface area contributed by atoms with Crippen molar-refractivity contribution in [1.82, 2.24) is 9.36 Å². The lowest BCUT2D eigenvalue weighted by Gasteiger charge is -2.07. The van der Waals surface area contributed by atoms with Gasteiger partial charge in [-0.25, -0.2) is 13.5 Å². The van der Waals surface area contributed by atoms with E-state index in [9.17, 15) is 18.4 Å². The molecule has 0 saturated heterocycles. The topological polar surface area (TPSA) is 76.3 Å². The van der Waals surface area contributed by atoms with Gasteiger partial charge in [-0.2, -0.15) is 0 Å². The maximum atomic E-state index is 13.8. The highest BCUT2D eigenvalue weighted by molar-refractivity contribution is 6.05. The monoisotopic (exact) mass is 359 g/mol. The summed E-state index contributed by atoms with van der Waals surface area (Å²) in [5.74, 6) is -3.85. The number of amides is 1. The molecule has 0 atom stereocenters. The summed E-state index contributed by atoms with van der Waals surface area (Å²) < 4.78 is 30.1. The van der Waals surface area contributed by atoms with Crippen LogP contribution in [0.5, 0.6) is 5.75 Å². The number of carbonyl (C=O) groups excluding carboxylic acids is 1. The minimum Gasteiger partial charge on any atom is -0.505 e. The average molecular weight is 359 g/mol. The van der Waals surface area contributed by atoms with Crippen molar-refractivity contribution in [3.05, 3.63) is 75.7 Å². The van der Waals surface area contributed by atoms with Gasteiger partial charge in [-0.3, -0.25) is 14.3 Å². The van der Waals surface area contributed by atoms with Crippen LogP contribution < -0.4 is 10.9 Å². The lowest BCUT2D eigenvalue weighted by molar-refractivity contribution is 0.102. The molecular formula is C18H15F2N3O3. The van der Waals surface area contributed by atoms with Crippen LogP contribution in [0.4, 0.5) is 14.5 Å². The van der Waals surface area contributed by atoms with Crippen LogP contribution in [0.3, 0.4) is 0 Å². The van der Waals surface area contributed by atoms with Gasteiger partial charge in [0.1, 0.15) is 5.56 Å². The number of phenolic OH excluding ortho intramolecular Hbond substituents is 1. The number of hydrogen-bond donors (Lipinski definition) is 2.